The predicted octanol–water partition coefficient (Wildman–Crippen LogP) is 3.38. The average molecular weight is 346 g/mol. The summed E-state index contributed by atoms with van der Waals surface area (Å²) < 4.78 is 39.9. The zero-order chi connectivity index (χ0) is 11.6. The van der Waals surface area contributed by atoms with Crippen molar-refractivity contribution in [1.29, 1.82) is 5.26 Å². The second-order valence-electron chi connectivity index (χ2n) is 2.26. The summed E-state index contributed by atoms with van der Waals surface area (Å²) in [6, 6.07) is 1.50. The monoisotopic (exact) mass is 344 g/mol. The molecule has 80 valence electrons. The second-order valence-corrected chi connectivity index (χ2v) is 3.90. The minimum Gasteiger partial charge on any atom is -0.401 e. The Hall–Kier alpha value is -0.810. The number of hydrogen-bond donors (Lipinski definition) is 0. The molecule has 0 unspecified atom stereocenters. The maximum atomic E-state index is 12.0. The van der Waals surface area contributed by atoms with Gasteiger partial charge in [-0.2, -0.15) is 5.26 Å². The van der Waals surface area contributed by atoms with Crippen molar-refractivity contribution in [2.45, 2.75) is 6.36 Å². The number of halogens is 5. The van der Waals surface area contributed by atoms with Crippen LogP contribution >= 0.6 is 31.9 Å². The van der Waals surface area contributed by atoms with Crippen LogP contribution in [0.15, 0.2) is 15.1 Å². The molecule has 0 aliphatic heterocycles. The molecule has 0 radical (unpaired) electrons. The smallest absolute Gasteiger partial charge is 0.401 e. The molecule has 15 heavy (non-hydrogen) atoms. The first-order valence-corrected chi connectivity index (χ1v) is 4.93. The van der Waals surface area contributed by atoms with E-state index in [0.29, 0.717) is 0 Å². The molecule has 8 heteroatoms. The van der Waals surface area contributed by atoms with Gasteiger partial charge in [-0.05, 0) is 31.9 Å². The van der Waals surface area contributed by atoms with E-state index in [1.54, 1.807) is 0 Å². The van der Waals surface area contributed by atoms with E-state index in [1.165, 1.54) is 12.3 Å². The molecule has 0 atom stereocenters. The van der Waals surface area contributed by atoms with Gasteiger partial charge >= 0.3 is 6.36 Å². The molecule has 0 bridgehead atoms. The first-order valence-electron chi connectivity index (χ1n) is 3.35. The standard InChI is InChI=1S/C7HBr2F3N2O/c8-3-2-14-4(1-13)6(5(3)9)15-7(10,11)12/h2H. The molecule has 1 heterocycles. The van der Waals surface area contributed by atoms with E-state index in [-0.39, 0.29) is 8.95 Å². The van der Waals surface area contributed by atoms with Crippen molar-refractivity contribution in [2.75, 3.05) is 0 Å². The molecule has 1 rings (SSSR count). The molecule has 0 aliphatic carbocycles. The van der Waals surface area contributed by atoms with Crippen LogP contribution in [0.25, 0.3) is 0 Å². The fourth-order valence-electron chi connectivity index (χ4n) is 0.737. The Bertz CT molecular complexity index is 427. The highest BCUT2D eigenvalue weighted by molar-refractivity contribution is 9.13. The Morgan fingerprint density at radius 1 is 1.40 bits per heavy atom. The summed E-state index contributed by atoms with van der Waals surface area (Å²) >= 11 is 5.81. The Morgan fingerprint density at radius 2 is 2.00 bits per heavy atom. The number of ether oxygens (including phenoxy) is 1. The maximum absolute atomic E-state index is 12.0. The van der Waals surface area contributed by atoms with Crippen LogP contribution in [0, 0.1) is 11.3 Å². The van der Waals surface area contributed by atoms with Gasteiger partial charge in [0.2, 0.25) is 0 Å². The van der Waals surface area contributed by atoms with E-state index >= 15 is 0 Å². The molecule has 3 nitrogen and oxygen atoms in total. The summed E-state index contributed by atoms with van der Waals surface area (Å²) in [5.74, 6) is -0.653. The number of alkyl halides is 3. The Kier molecular flexibility index (Phi) is 3.57. The van der Waals surface area contributed by atoms with Crippen molar-refractivity contribution in [2.24, 2.45) is 0 Å². The molecule has 0 N–H and O–H groups in total. The zero-order valence-electron chi connectivity index (χ0n) is 6.77. The van der Waals surface area contributed by atoms with Crippen molar-refractivity contribution in [1.82, 2.24) is 4.98 Å². The van der Waals surface area contributed by atoms with Gasteiger partial charge in [-0.25, -0.2) is 4.98 Å². The topological polar surface area (TPSA) is 45.9 Å². The predicted molar refractivity (Wildman–Crippen MR) is 51.0 cm³/mol. The second kappa shape index (κ2) is 4.37. The van der Waals surface area contributed by atoms with Gasteiger partial charge in [-0.15, -0.1) is 13.2 Å². The summed E-state index contributed by atoms with van der Waals surface area (Å²) in [7, 11) is 0. The number of aromatic nitrogens is 1. The van der Waals surface area contributed by atoms with Gasteiger partial charge in [0.25, 0.3) is 0 Å². The minimum absolute atomic E-state index is 0.00799. The molecule has 0 saturated heterocycles. The number of rotatable bonds is 1. The average Bonchev–Trinajstić information content (AvgIpc) is 2.11. The third kappa shape index (κ3) is 3.07. The van der Waals surface area contributed by atoms with Gasteiger partial charge in [0.1, 0.15) is 6.07 Å². The summed E-state index contributed by atoms with van der Waals surface area (Å²) in [6.07, 6.45) is -3.66. The summed E-state index contributed by atoms with van der Waals surface area (Å²) in [4.78, 5) is 3.48. The molecule has 1 aromatic rings. The van der Waals surface area contributed by atoms with E-state index in [0.717, 1.165) is 0 Å². The lowest BCUT2D eigenvalue weighted by atomic mass is 10.3. The Balaban J connectivity index is 3.26. The van der Waals surface area contributed by atoms with Crippen LogP contribution < -0.4 is 4.74 Å². The van der Waals surface area contributed by atoms with Crippen LogP contribution in [0.3, 0.4) is 0 Å². The maximum Gasteiger partial charge on any atom is 0.573 e. The van der Waals surface area contributed by atoms with Gasteiger partial charge in [0.05, 0.1) is 8.95 Å². The van der Waals surface area contributed by atoms with Gasteiger partial charge < -0.3 is 4.74 Å². The van der Waals surface area contributed by atoms with Gasteiger partial charge in [0, 0.05) is 6.20 Å². The fraction of sp³-hybridized carbons (Fsp3) is 0.143. The van der Waals surface area contributed by atoms with Crippen molar-refractivity contribution in [3.05, 3.63) is 20.8 Å². The largest absolute Gasteiger partial charge is 0.573 e. The van der Waals surface area contributed by atoms with E-state index in [2.05, 4.69) is 41.6 Å². The van der Waals surface area contributed by atoms with Gasteiger partial charge in [0.15, 0.2) is 11.4 Å². The van der Waals surface area contributed by atoms with Crippen LogP contribution in [-0.4, -0.2) is 11.3 Å². The summed E-state index contributed by atoms with van der Waals surface area (Å²) in [6.45, 7) is 0. The SMILES string of the molecule is N#Cc1ncc(Br)c(Br)c1OC(F)(F)F. The molecule has 0 aromatic carbocycles. The van der Waals surface area contributed by atoms with Gasteiger partial charge in [-0.3, -0.25) is 0 Å². The highest BCUT2D eigenvalue weighted by Gasteiger charge is 2.34. The lowest BCUT2D eigenvalue weighted by Gasteiger charge is -2.11. The molecule has 0 spiro atoms. The van der Waals surface area contributed by atoms with E-state index in [1.807, 2.05) is 0 Å². The number of nitriles is 1. The van der Waals surface area contributed by atoms with Crippen LogP contribution in [0.2, 0.25) is 0 Å². The first-order chi connectivity index (χ1) is 6.85. The molecule has 0 aliphatic rings. The van der Waals surface area contributed by atoms with Crippen LogP contribution in [-0.2, 0) is 0 Å². The number of hydrogen-bond acceptors (Lipinski definition) is 3. The van der Waals surface area contributed by atoms with Crippen LogP contribution in [0.1, 0.15) is 5.69 Å². The van der Waals surface area contributed by atoms with E-state index in [9.17, 15) is 13.2 Å². The minimum atomic E-state index is -4.86. The molecular formula is C7HBr2F3N2O. The lowest BCUT2D eigenvalue weighted by Crippen LogP contribution is -2.18. The third-order valence-corrected chi connectivity index (χ3v) is 3.18. The molecule has 0 amide bonds. The number of nitrogens with zero attached hydrogens (tertiary/aromatic N) is 2. The highest BCUT2D eigenvalue weighted by Crippen LogP contribution is 2.37. The van der Waals surface area contributed by atoms with Crippen LogP contribution in [0.4, 0.5) is 13.2 Å². The molecular weight excluding hydrogens is 345 g/mol. The van der Waals surface area contributed by atoms with Crippen molar-refractivity contribution in [3.63, 3.8) is 0 Å². The van der Waals surface area contributed by atoms with Crippen molar-refractivity contribution in [3.8, 4) is 11.8 Å². The van der Waals surface area contributed by atoms with Crippen molar-refractivity contribution >= 4 is 31.9 Å². The summed E-state index contributed by atoms with van der Waals surface area (Å²) in [5, 5.41) is 8.53. The quantitative estimate of drug-likeness (QED) is 0.783. The van der Waals surface area contributed by atoms with E-state index < -0.39 is 17.8 Å². The molecule has 0 saturated carbocycles. The van der Waals surface area contributed by atoms with E-state index in [4.69, 9.17) is 5.26 Å². The van der Waals surface area contributed by atoms with Crippen molar-refractivity contribution < 1.29 is 17.9 Å². The highest BCUT2D eigenvalue weighted by atomic mass is 79.9. The van der Waals surface area contributed by atoms with Gasteiger partial charge in [-0.1, -0.05) is 0 Å². The molecule has 1 aromatic heterocycles. The Morgan fingerprint density at radius 3 is 2.47 bits per heavy atom. The molecule has 0 fully saturated rings. The fourth-order valence-corrected chi connectivity index (χ4v) is 1.39. The Labute approximate surface area is 99.1 Å². The zero-order valence-corrected chi connectivity index (χ0v) is 9.94. The van der Waals surface area contributed by atoms with Crippen LogP contribution in [0.5, 0.6) is 5.75 Å². The lowest BCUT2D eigenvalue weighted by molar-refractivity contribution is -0.275. The first kappa shape index (κ1) is 12.3. The summed E-state index contributed by atoms with van der Waals surface area (Å²) in [5.41, 5.74) is -0.442. The number of pyridine rings is 1. The normalized spacial score (nSPS) is 10.9. The third-order valence-electron chi connectivity index (χ3n) is 1.25.